The second kappa shape index (κ2) is 4.82. The predicted molar refractivity (Wildman–Crippen MR) is 71.6 cm³/mol. The molecule has 1 aromatic carbocycles. The molecule has 2 aliphatic heterocycles. The average molecular weight is 272 g/mol. The molecule has 6 nitrogen and oxygen atoms in total. The van der Waals surface area contributed by atoms with Crippen molar-refractivity contribution in [3.8, 4) is 0 Å². The van der Waals surface area contributed by atoms with E-state index in [2.05, 4.69) is 5.10 Å². The lowest BCUT2D eigenvalue weighted by molar-refractivity contribution is -0.124. The Balaban J connectivity index is 1.95. The Morgan fingerprint density at radius 1 is 1.25 bits per heavy atom. The van der Waals surface area contributed by atoms with Gasteiger partial charge in [-0.2, -0.15) is 5.01 Å². The number of nitrogens with zero attached hydrogens (tertiary/aromatic N) is 2. The maximum atomic E-state index is 11.9. The highest BCUT2D eigenvalue weighted by molar-refractivity contribution is 6.01. The van der Waals surface area contributed by atoms with Crippen molar-refractivity contribution in [2.45, 2.75) is 5.79 Å². The van der Waals surface area contributed by atoms with E-state index in [1.807, 2.05) is 6.07 Å². The SMILES string of the molecule is O=C1COC(C2(O)C=CC=CO2)=NN1c1ccccc1. The Hall–Kier alpha value is -2.60. The molecular weight excluding hydrogens is 260 g/mol. The van der Waals surface area contributed by atoms with Crippen LogP contribution < -0.4 is 5.01 Å². The standard InChI is InChI=1S/C14H12N2O4/c17-12-10-19-13(14(18)8-4-5-9-20-14)15-16(12)11-6-2-1-3-7-11/h1-9,18H,10H2. The number of rotatable bonds is 2. The van der Waals surface area contributed by atoms with Crippen molar-refractivity contribution in [3.63, 3.8) is 0 Å². The van der Waals surface area contributed by atoms with E-state index in [-0.39, 0.29) is 18.4 Å². The molecule has 3 rings (SSSR count). The molecule has 0 saturated carbocycles. The fourth-order valence-corrected chi connectivity index (χ4v) is 1.85. The first-order valence-electron chi connectivity index (χ1n) is 6.03. The van der Waals surface area contributed by atoms with E-state index >= 15 is 0 Å². The van der Waals surface area contributed by atoms with Crippen molar-refractivity contribution in [3.05, 3.63) is 54.8 Å². The van der Waals surface area contributed by atoms with Crippen LogP contribution in [0.5, 0.6) is 0 Å². The molecule has 0 saturated heterocycles. The van der Waals surface area contributed by atoms with Crippen molar-refractivity contribution in [1.29, 1.82) is 0 Å². The Kier molecular flexibility index (Phi) is 3.00. The number of amides is 1. The fraction of sp³-hybridized carbons (Fsp3) is 0.143. The summed E-state index contributed by atoms with van der Waals surface area (Å²) in [5.41, 5.74) is 0.595. The molecule has 1 N–H and O–H groups in total. The molecule has 1 atom stereocenters. The minimum absolute atomic E-state index is 0.0819. The third-order valence-electron chi connectivity index (χ3n) is 2.83. The van der Waals surface area contributed by atoms with Gasteiger partial charge in [-0.3, -0.25) is 4.79 Å². The van der Waals surface area contributed by atoms with Crippen LogP contribution in [-0.4, -0.2) is 29.3 Å². The Labute approximate surface area is 115 Å². The van der Waals surface area contributed by atoms with E-state index < -0.39 is 5.79 Å². The van der Waals surface area contributed by atoms with Crippen molar-refractivity contribution in [2.75, 3.05) is 11.6 Å². The Morgan fingerprint density at radius 3 is 2.75 bits per heavy atom. The highest BCUT2D eigenvalue weighted by Crippen LogP contribution is 2.23. The molecule has 0 radical (unpaired) electrons. The second-order valence-corrected chi connectivity index (χ2v) is 4.24. The summed E-state index contributed by atoms with van der Waals surface area (Å²) >= 11 is 0. The maximum absolute atomic E-state index is 11.9. The molecule has 0 spiro atoms. The second-order valence-electron chi connectivity index (χ2n) is 4.24. The van der Waals surface area contributed by atoms with Gasteiger partial charge >= 0.3 is 5.79 Å². The van der Waals surface area contributed by atoms with Gasteiger partial charge in [-0.25, -0.2) is 0 Å². The topological polar surface area (TPSA) is 71.4 Å². The molecular formula is C14H12N2O4. The van der Waals surface area contributed by atoms with Crippen LogP contribution in [0.25, 0.3) is 0 Å². The smallest absolute Gasteiger partial charge is 0.307 e. The number of carbonyl (C=O) groups excluding carboxylic acids is 1. The summed E-state index contributed by atoms with van der Waals surface area (Å²) in [6.07, 6.45) is 5.95. The molecule has 6 heteroatoms. The minimum Gasteiger partial charge on any atom is -0.465 e. The molecule has 2 aliphatic rings. The molecule has 1 amide bonds. The van der Waals surface area contributed by atoms with Gasteiger partial charge in [0.2, 0.25) is 0 Å². The van der Waals surface area contributed by atoms with Gasteiger partial charge < -0.3 is 14.6 Å². The predicted octanol–water partition coefficient (Wildman–Crippen LogP) is 1.15. The van der Waals surface area contributed by atoms with Gasteiger partial charge in [0.15, 0.2) is 6.61 Å². The summed E-state index contributed by atoms with van der Waals surface area (Å²) in [6.45, 7) is -0.211. The largest absolute Gasteiger partial charge is 0.465 e. The van der Waals surface area contributed by atoms with Crippen molar-refractivity contribution < 1.29 is 19.4 Å². The molecule has 2 heterocycles. The number of anilines is 1. The van der Waals surface area contributed by atoms with E-state index in [4.69, 9.17) is 9.47 Å². The van der Waals surface area contributed by atoms with Crippen LogP contribution in [0.4, 0.5) is 5.69 Å². The number of ether oxygens (including phenoxy) is 2. The van der Waals surface area contributed by atoms with Crippen LogP contribution >= 0.6 is 0 Å². The number of para-hydroxylation sites is 1. The Bertz CT molecular complexity index is 609. The van der Waals surface area contributed by atoms with E-state index in [9.17, 15) is 9.90 Å². The molecule has 0 bridgehead atoms. The first-order valence-corrected chi connectivity index (χ1v) is 6.03. The van der Waals surface area contributed by atoms with Crippen LogP contribution in [0.1, 0.15) is 0 Å². The summed E-state index contributed by atoms with van der Waals surface area (Å²) < 4.78 is 10.3. The van der Waals surface area contributed by atoms with Crippen LogP contribution in [-0.2, 0) is 14.3 Å². The zero-order chi connectivity index (χ0) is 14.0. The van der Waals surface area contributed by atoms with Gasteiger partial charge in [0.25, 0.3) is 11.8 Å². The third kappa shape index (κ3) is 2.17. The Morgan fingerprint density at radius 2 is 2.05 bits per heavy atom. The maximum Gasteiger partial charge on any atom is 0.307 e. The third-order valence-corrected chi connectivity index (χ3v) is 2.83. The van der Waals surface area contributed by atoms with Crippen molar-refractivity contribution >= 4 is 17.5 Å². The van der Waals surface area contributed by atoms with Crippen molar-refractivity contribution in [1.82, 2.24) is 0 Å². The summed E-state index contributed by atoms with van der Waals surface area (Å²) in [7, 11) is 0. The monoisotopic (exact) mass is 272 g/mol. The van der Waals surface area contributed by atoms with Gasteiger partial charge in [-0.1, -0.05) is 24.3 Å². The number of hydrogen-bond donors (Lipinski definition) is 1. The van der Waals surface area contributed by atoms with Crippen molar-refractivity contribution in [2.24, 2.45) is 5.10 Å². The summed E-state index contributed by atoms with van der Waals surface area (Å²) in [4.78, 5) is 11.9. The number of aliphatic hydroxyl groups is 1. The highest BCUT2D eigenvalue weighted by atomic mass is 16.6. The first kappa shape index (κ1) is 12.4. The normalized spacial score (nSPS) is 24.9. The lowest BCUT2D eigenvalue weighted by Gasteiger charge is -2.31. The van der Waals surface area contributed by atoms with E-state index in [1.54, 1.807) is 36.4 Å². The molecule has 0 fully saturated rings. The summed E-state index contributed by atoms with van der Waals surface area (Å²) in [5.74, 6) is -2.19. The number of allylic oxidation sites excluding steroid dienone is 2. The van der Waals surface area contributed by atoms with E-state index in [0.717, 1.165) is 0 Å². The zero-order valence-corrected chi connectivity index (χ0v) is 10.5. The number of hydrazone groups is 1. The average Bonchev–Trinajstić information content (AvgIpc) is 2.49. The van der Waals surface area contributed by atoms with Gasteiger partial charge in [0, 0.05) is 0 Å². The summed E-state index contributed by atoms with van der Waals surface area (Å²) in [6, 6.07) is 8.91. The van der Waals surface area contributed by atoms with Gasteiger partial charge in [-0.15, -0.1) is 5.10 Å². The number of carbonyl (C=O) groups is 1. The van der Waals surface area contributed by atoms with Gasteiger partial charge in [0.1, 0.15) is 0 Å². The number of hydrogen-bond acceptors (Lipinski definition) is 5. The fourth-order valence-electron chi connectivity index (χ4n) is 1.85. The lowest BCUT2D eigenvalue weighted by Crippen LogP contribution is -2.47. The van der Waals surface area contributed by atoms with Gasteiger partial charge in [-0.05, 0) is 24.3 Å². The molecule has 20 heavy (non-hydrogen) atoms. The molecule has 1 unspecified atom stereocenters. The van der Waals surface area contributed by atoms with Crippen LogP contribution in [0.3, 0.4) is 0 Å². The molecule has 1 aromatic rings. The van der Waals surface area contributed by atoms with Gasteiger partial charge in [0.05, 0.1) is 11.9 Å². The van der Waals surface area contributed by atoms with Crippen LogP contribution in [0.15, 0.2) is 59.9 Å². The van der Waals surface area contributed by atoms with Crippen LogP contribution in [0, 0.1) is 0 Å². The van der Waals surface area contributed by atoms with Crippen LogP contribution in [0.2, 0.25) is 0 Å². The first-order chi connectivity index (χ1) is 9.69. The van der Waals surface area contributed by atoms with E-state index in [0.29, 0.717) is 5.69 Å². The molecule has 0 aliphatic carbocycles. The molecule has 102 valence electrons. The molecule has 0 aromatic heterocycles. The highest BCUT2D eigenvalue weighted by Gasteiger charge is 2.39. The number of benzene rings is 1. The minimum atomic E-state index is -1.79. The summed E-state index contributed by atoms with van der Waals surface area (Å²) in [5, 5.41) is 15.5. The van der Waals surface area contributed by atoms with E-state index in [1.165, 1.54) is 17.3 Å². The lowest BCUT2D eigenvalue weighted by atomic mass is 10.2. The quantitative estimate of drug-likeness (QED) is 0.876. The zero-order valence-electron chi connectivity index (χ0n) is 10.5.